The Morgan fingerprint density at radius 3 is 2.52 bits per heavy atom. The monoisotopic (exact) mass is 284 g/mol. The molecule has 2 rings (SSSR count). The lowest BCUT2D eigenvalue weighted by Crippen LogP contribution is -2.30. The topological polar surface area (TPSA) is 72.1 Å². The summed E-state index contributed by atoms with van der Waals surface area (Å²) in [5.41, 5.74) is 8.03. The van der Waals surface area contributed by atoms with E-state index < -0.39 is 0 Å². The third kappa shape index (κ3) is 3.37. The standard InChI is InChI=1S/C16H20N4O/c1-4-20(13-5-7-18-8-6-13)16(21)12-9-14(11(2)3)19-15(17)10-12/h5-11H,4H2,1-3H3,(H2,17,19). The summed E-state index contributed by atoms with van der Waals surface area (Å²) in [6.07, 6.45) is 3.34. The maximum absolute atomic E-state index is 12.7. The number of pyridine rings is 2. The van der Waals surface area contributed by atoms with Gasteiger partial charge in [-0.2, -0.15) is 0 Å². The number of nitrogens with zero attached hydrogens (tertiary/aromatic N) is 3. The lowest BCUT2D eigenvalue weighted by Gasteiger charge is -2.21. The van der Waals surface area contributed by atoms with Gasteiger partial charge in [0.1, 0.15) is 5.82 Å². The zero-order valence-corrected chi connectivity index (χ0v) is 12.6. The first-order valence-corrected chi connectivity index (χ1v) is 7.02. The van der Waals surface area contributed by atoms with Crippen molar-refractivity contribution in [3.05, 3.63) is 47.9 Å². The highest BCUT2D eigenvalue weighted by Gasteiger charge is 2.18. The van der Waals surface area contributed by atoms with E-state index in [2.05, 4.69) is 9.97 Å². The average Bonchev–Trinajstić information content (AvgIpc) is 2.48. The molecule has 2 heterocycles. The van der Waals surface area contributed by atoms with E-state index in [-0.39, 0.29) is 11.8 Å². The maximum atomic E-state index is 12.7. The van der Waals surface area contributed by atoms with Gasteiger partial charge in [0.25, 0.3) is 5.91 Å². The third-order valence-corrected chi connectivity index (χ3v) is 3.24. The van der Waals surface area contributed by atoms with Crippen molar-refractivity contribution in [2.75, 3.05) is 17.2 Å². The van der Waals surface area contributed by atoms with Crippen LogP contribution in [0.15, 0.2) is 36.7 Å². The quantitative estimate of drug-likeness (QED) is 0.937. The predicted octanol–water partition coefficient (Wildman–Crippen LogP) is 2.85. The summed E-state index contributed by atoms with van der Waals surface area (Å²) in [7, 11) is 0. The molecule has 0 radical (unpaired) electrons. The zero-order valence-electron chi connectivity index (χ0n) is 12.6. The normalized spacial score (nSPS) is 10.7. The minimum Gasteiger partial charge on any atom is -0.384 e. The van der Waals surface area contributed by atoms with Gasteiger partial charge in [-0.1, -0.05) is 13.8 Å². The van der Waals surface area contributed by atoms with Crippen LogP contribution in [0.3, 0.4) is 0 Å². The highest BCUT2D eigenvalue weighted by Crippen LogP contribution is 2.20. The van der Waals surface area contributed by atoms with Crippen molar-refractivity contribution in [2.24, 2.45) is 0 Å². The van der Waals surface area contributed by atoms with Gasteiger partial charge in [-0.05, 0) is 37.1 Å². The van der Waals surface area contributed by atoms with E-state index in [4.69, 9.17) is 5.73 Å². The largest absolute Gasteiger partial charge is 0.384 e. The molecule has 0 unspecified atom stereocenters. The number of amides is 1. The van der Waals surface area contributed by atoms with Gasteiger partial charge >= 0.3 is 0 Å². The van der Waals surface area contributed by atoms with Crippen molar-refractivity contribution in [3.63, 3.8) is 0 Å². The summed E-state index contributed by atoms with van der Waals surface area (Å²) in [6.45, 7) is 6.56. The molecule has 5 heteroatoms. The molecule has 5 nitrogen and oxygen atoms in total. The first-order chi connectivity index (χ1) is 10.0. The van der Waals surface area contributed by atoms with Crippen molar-refractivity contribution >= 4 is 17.4 Å². The Morgan fingerprint density at radius 2 is 1.95 bits per heavy atom. The number of carbonyl (C=O) groups excluding carboxylic acids is 1. The van der Waals surface area contributed by atoms with Crippen LogP contribution in [0.1, 0.15) is 42.7 Å². The van der Waals surface area contributed by atoms with Gasteiger partial charge in [-0.15, -0.1) is 0 Å². The Hall–Kier alpha value is -2.43. The second kappa shape index (κ2) is 6.35. The molecule has 0 bridgehead atoms. The van der Waals surface area contributed by atoms with E-state index >= 15 is 0 Å². The van der Waals surface area contributed by atoms with Crippen molar-refractivity contribution in [1.82, 2.24) is 9.97 Å². The van der Waals surface area contributed by atoms with E-state index in [0.717, 1.165) is 11.4 Å². The van der Waals surface area contributed by atoms with E-state index in [9.17, 15) is 4.79 Å². The summed E-state index contributed by atoms with van der Waals surface area (Å²) in [6, 6.07) is 7.07. The molecule has 0 saturated heterocycles. The van der Waals surface area contributed by atoms with Crippen LogP contribution in [0.5, 0.6) is 0 Å². The Labute approximate surface area is 124 Å². The van der Waals surface area contributed by atoms with Gasteiger partial charge in [0, 0.05) is 35.9 Å². The minimum atomic E-state index is -0.0836. The number of carbonyl (C=O) groups is 1. The van der Waals surface area contributed by atoms with Gasteiger partial charge in [0.15, 0.2) is 0 Å². The molecule has 0 aromatic carbocycles. The second-order valence-electron chi connectivity index (χ2n) is 5.12. The fourth-order valence-corrected chi connectivity index (χ4v) is 2.12. The van der Waals surface area contributed by atoms with Crippen LogP contribution in [-0.2, 0) is 0 Å². The third-order valence-electron chi connectivity index (χ3n) is 3.24. The predicted molar refractivity (Wildman–Crippen MR) is 84.3 cm³/mol. The van der Waals surface area contributed by atoms with Crippen LogP contribution < -0.4 is 10.6 Å². The summed E-state index contributed by atoms with van der Waals surface area (Å²) in [5.74, 6) is 0.506. The molecule has 0 saturated carbocycles. The van der Waals surface area contributed by atoms with Gasteiger partial charge in [0.2, 0.25) is 0 Å². The Balaban J connectivity index is 2.38. The van der Waals surface area contributed by atoms with Gasteiger partial charge < -0.3 is 10.6 Å². The first-order valence-electron chi connectivity index (χ1n) is 7.02. The Bertz CT molecular complexity index is 625. The van der Waals surface area contributed by atoms with E-state index in [1.807, 2.05) is 39.0 Å². The molecule has 0 atom stereocenters. The van der Waals surface area contributed by atoms with Gasteiger partial charge in [0.05, 0.1) is 0 Å². The van der Waals surface area contributed by atoms with Crippen LogP contribution in [0.4, 0.5) is 11.5 Å². The average molecular weight is 284 g/mol. The number of anilines is 2. The molecule has 110 valence electrons. The lowest BCUT2D eigenvalue weighted by molar-refractivity contribution is 0.0988. The zero-order chi connectivity index (χ0) is 15.4. The Kier molecular flexibility index (Phi) is 4.52. The van der Waals surface area contributed by atoms with E-state index in [1.54, 1.807) is 23.4 Å². The van der Waals surface area contributed by atoms with Gasteiger partial charge in [-0.3, -0.25) is 9.78 Å². The van der Waals surface area contributed by atoms with Crippen molar-refractivity contribution < 1.29 is 4.79 Å². The highest BCUT2D eigenvalue weighted by atomic mass is 16.2. The fraction of sp³-hybridized carbons (Fsp3) is 0.312. The molecule has 2 aromatic rings. The molecule has 0 aliphatic carbocycles. The Morgan fingerprint density at radius 1 is 1.29 bits per heavy atom. The summed E-state index contributed by atoms with van der Waals surface area (Å²) >= 11 is 0. The SMILES string of the molecule is CCN(C(=O)c1cc(N)nc(C(C)C)c1)c1ccncc1. The number of hydrogen-bond donors (Lipinski definition) is 1. The molecule has 21 heavy (non-hydrogen) atoms. The fourth-order valence-electron chi connectivity index (χ4n) is 2.12. The number of nitrogen functional groups attached to an aromatic ring is 1. The molecule has 2 aromatic heterocycles. The second-order valence-corrected chi connectivity index (χ2v) is 5.12. The number of nitrogens with two attached hydrogens (primary N) is 1. The highest BCUT2D eigenvalue weighted by molar-refractivity contribution is 6.06. The van der Waals surface area contributed by atoms with Crippen LogP contribution in [0, 0.1) is 0 Å². The lowest BCUT2D eigenvalue weighted by atomic mass is 10.1. The minimum absolute atomic E-state index is 0.0836. The van der Waals surface area contributed by atoms with Crippen LogP contribution >= 0.6 is 0 Å². The van der Waals surface area contributed by atoms with Crippen LogP contribution in [0.25, 0.3) is 0 Å². The molecule has 1 amide bonds. The molecular weight excluding hydrogens is 264 g/mol. The summed E-state index contributed by atoms with van der Waals surface area (Å²) < 4.78 is 0. The summed E-state index contributed by atoms with van der Waals surface area (Å²) in [5, 5.41) is 0. The number of aromatic nitrogens is 2. The number of hydrogen-bond acceptors (Lipinski definition) is 4. The van der Waals surface area contributed by atoms with Crippen LogP contribution in [-0.4, -0.2) is 22.4 Å². The van der Waals surface area contributed by atoms with E-state index in [1.165, 1.54) is 0 Å². The van der Waals surface area contributed by atoms with Crippen molar-refractivity contribution in [2.45, 2.75) is 26.7 Å². The van der Waals surface area contributed by atoms with E-state index in [0.29, 0.717) is 17.9 Å². The number of rotatable bonds is 4. The van der Waals surface area contributed by atoms with Gasteiger partial charge in [-0.25, -0.2) is 4.98 Å². The molecule has 0 spiro atoms. The maximum Gasteiger partial charge on any atom is 0.258 e. The van der Waals surface area contributed by atoms with Crippen molar-refractivity contribution in [1.29, 1.82) is 0 Å². The molecular formula is C16H20N4O. The molecule has 0 aliphatic heterocycles. The smallest absolute Gasteiger partial charge is 0.258 e. The molecule has 2 N–H and O–H groups in total. The van der Waals surface area contributed by atoms with Crippen LogP contribution in [0.2, 0.25) is 0 Å². The summed E-state index contributed by atoms with van der Waals surface area (Å²) in [4.78, 5) is 22.7. The van der Waals surface area contributed by atoms with Crippen molar-refractivity contribution in [3.8, 4) is 0 Å². The molecule has 0 fully saturated rings. The first kappa shape index (κ1) is 15.0. The molecule has 0 aliphatic rings.